The molecule has 0 saturated heterocycles. The first-order valence-corrected chi connectivity index (χ1v) is 11.2. The first-order valence-electron chi connectivity index (χ1n) is 11.2. The fourth-order valence-corrected chi connectivity index (χ4v) is 3.34. The van der Waals surface area contributed by atoms with Gasteiger partial charge in [0.05, 0.1) is 23.1 Å². The average molecular weight is 530 g/mol. The number of hydrogen-bond acceptors (Lipinski definition) is 7. The standard InChI is InChI=1S/C27H18F4O7/c1-2-13-35-25(33)15-7-9-16(10-8-15)36-23-22(32)19-12-11-17(14-21(19)38-24(23)27(29,30)31)37-26(34)18-5-3-4-6-20(18)28/h3-12,14H,2,13H2,1H3. The highest BCUT2D eigenvalue weighted by molar-refractivity contribution is 5.92. The zero-order valence-electron chi connectivity index (χ0n) is 19.6. The Kier molecular flexibility index (Phi) is 7.47. The van der Waals surface area contributed by atoms with Gasteiger partial charge in [0.1, 0.15) is 22.9 Å². The summed E-state index contributed by atoms with van der Waals surface area (Å²) in [7, 11) is 0. The lowest BCUT2D eigenvalue weighted by Gasteiger charge is -2.14. The van der Waals surface area contributed by atoms with Gasteiger partial charge in [-0.1, -0.05) is 19.1 Å². The summed E-state index contributed by atoms with van der Waals surface area (Å²) in [6.07, 6.45) is -4.52. The predicted molar refractivity (Wildman–Crippen MR) is 126 cm³/mol. The van der Waals surface area contributed by atoms with E-state index in [0.29, 0.717) is 6.42 Å². The Morgan fingerprint density at radius 1 is 0.921 bits per heavy atom. The van der Waals surface area contributed by atoms with Crippen LogP contribution >= 0.6 is 0 Å². The summed E-state index contributed by atoms with van der Waals surface area (Å²) in [5, 5.41) is -0.293. The van der Waals surface area contributed by atoms with Crippen molar-refractivity contribution >= 4 is 22.9 Å². The monoisotopic (exact) mass is 530 g/mol. The minimum absolute atomic E-state index is 0.143. The minimum Gasteiger partial charge on any atom is -0.462 e. The van der Waals surface area contributed by atoms with Crippen molar-refractivity contribution in [2.45, 2.75) is 19.5 Å². The maximum Gasteiger partial charge on any atom is 0.453 e. The number of hydrogen-bond donors (Lipinski definition) is 0. The second kappa shape index (κ2) is 10.8. The van der Waals surface area contributed by atoms with Crippen LogP contribution in [0.25, 0.3) is 11.0 Å². The highest BCUT2D eigenvalue weighted by Gasteiger charge is 2.40. The number of carbonyl (C=O) groups excluding carboxylic acids is 2. The smallest absolute Gasteiger partial charge is 0.453 e. The number of benzene rings is 3. The molecule has 0 atom stereocenters. The van der Waals surface area contributed by atoms with E-state index in [1.165, 1.54) is 42.5 Å². The van der Waals surface area contributed by atoms with Crippen molar-refractivity contribution < 1.29 is 45.8 Å². The Bertz CT molecular complexity index is 1560. The molecule has 0 spiro atoms. The number of alkyl halides is 3. The molecule has 0 aliphatic rings. The largest absolute Gasteiger partial charge is 0.462 e. The minimum atomic E-state index is -5.13. The van der Waals surface area contributed by atoms with Crippen LogP contribution in [0.15, 0.2) is 75.9 Å². The normalized spacial score (nSPS) is 11.3. The van der Waals surface area contributed by atoms with E-state index in [-0.39, 0.29) is 29.1 Å². The van der Waals surface area contributed by atoms with E-state index in [1.807, 2.05) is 6.92 Å². The van der Waals surface area contributed by atoms with Crippen LogP contribution in [0.4, 0.5) is 17.6 Å². The van der Waals surface area contributed by atoms with Crippen molar-refractivity contribution in [2.24, 2.45) is 0 Å². The topological polar surface area (TPSA) is 92.0 Å². The number of esters is 2. The highest BCUT2D eigenvalue weighted by Crippen LogP contribution is 2.38. The molecular formula is C27H18F4O7. The van der Waals surface area contributed by atoms with E-state index in [0.717, 1.165) is 24.3 Å². The van der Waals surface area contributed by atoms with Crippen LogP contribution in [-0.4, -0.2) is 18.5 Å². The third-order valence-corrected chi connectivity index (χ3v) is 5.13. The van der Waals surface area contributed by atoms with E-state index in [1.54, 1.807) is 0 Å². The summed E-state index contributed by atoms with van der Waals surface area (Å²) < 4.78 is 75.6. The number of carbonyl (C=O) groups is 2. The molecule has 7 nitrogen and oxygen atoms in total. The molecule has 196 valence electrons. The number of rotatable bonds is 7. The van der Waals surface area contributed by atoms with Crippen LogP contribution in [0.3, 0.4) is 0 Å². The highest BCUT2D eigenvalue weighted by atomic mass is 19.4. The Morgan fingerprint density at radius 2 is 1.61 bits per heavy atom. The van der Waals surface area contributed by atoms with Crippen LogP contribution in [0.5, 0.6) is 17.2 Å². The van der Waals surface area contributed by atoms with Crippen LogP contribution in [0.2, 0.25) is 0 Å². The fraction of sp³-hybridized carbons (Fsp3) is 0.148. The maximum absolute atomic E-state index is 13.8. The van der Waals surface area contributed by atoms with E-state index in [4.69, 9.17) is 18.6 Å². The van der Waals surface area contributed by atoms with E-state index in [9.17, 15) is 31.9 Å². The molecule has 1 aromatic heterocycles. The van der Waals surface area contributed by atoms with Crippen LogP contribution in [0, 0.1) is 5.82 Å². The third kappa shape index (κ3) is 5.66. The molecule has 0 fully saturated rings. The van der Waals surface area contributed by atoms with Gasteiger partial charge in [-0.05, 0) is 55.0 Å². The molecule has 0 saturated carbocycles. The third-order valence-electron chi connectivity index (χ3n) is 5.13. The lowest BCUT2D eigenvalue weighted by molar-refractivity contribution is -0.154. The molecule has 11 heteroatoms. The van der Waals surface area contributed by atoms with Gasteiger partial charge in [-0.2, -0.15) is 13.2 Å². The summed E-state index contributed by atoms with van der Waals surface area (Å²) >= 11 is 0. The van der Waals surface area contributed by atoms with Gasteiger partial charge in [0.25, 0.3) is 5.76 Å². The lowest BCUT2D eigenvalue weighted by Crippen LogP contribution is -2.16. The molecule has 0 unspecified atom stereocenters. The van der Waals surface area contributed by atoms with Crippen LogP contribution < -0.4 is 14.9 Å². The van der Waals surface area contributed by atoms with Gasteiger partial charge in [0.2, 0.25) is 11.2 Å². The Morgan fingerprint density at radius 3 is 2.26 bits per heavy atom. The van der Waals surface area contributed by atoms with Gasteiger partial charge in [0.15, 0.2) is 0 Å². The first kappa shape index (κ1) is 26.4. The van der Waals surface area contributed by atoms with Gasteiger partial charge in [-0.3, -0.25) is 4.79 Å². The molecule has 1 heterocycles. The van der Waals surface area contributed by atoms with Crippen molar-refractivity contribution in [3.63, 3.8) is 0 Å². The fourth-order valence-electron chi connectivity index (χ4n) is 3.34. The molecule has 4 rings (SSSR count). The van der Waals surface area contributed by atoms with E-state index in [2.05, 4.69) is 0 Å². The predicted octanol–water partition coefficient (Wildman–Crippen LogP) is 6.53. The summed E-state index contributed by atoms with van der Waals surface area (Å²) in [6, 6.07) is 13.1. The Hall–Kier alpha value is -4.67. The number of halogens is 4. The van der Waals surface area contributed by atoms with Crippen molar-refractivity contribution in [3.8, 4) is 17.2 Å². The summed E-state index contributed by atoms with van der Waals surface area (Å²) in [6.45, 7) is 2.02. The quantitative estimate of drug-likeness (QED) is 0.152. The zero-order chi connectivity index (χ0) is 27.4. The van der Waals surface area contributed by atoms with Crippen LogP contribution in [0.1, 0.15) is 39.8 Å². The van der Waals surface area contributed by atoms with Crippen molar-refractivity contribution in [3.05, 3.63) is 99.7 Å². The molecule has 0 N–H and O–H groups in total. The first-order chi connectivity index (χ1) is 18.1. The SMILES string of the molecule is CCCOC(=O)c1ccc(Oc2c(C(F)(F)F)oc3cc(OC(=O)c4ccccc4F)ccc3c2=O)cc1. The molecule has 38 heavy (non-hydrogen) atoms. The summed E-state index contributed by atoms with van der Waals surface area (Å²) in [4.78, 5) is 37.2. The molecule has 0 radical (unpaired) electrons. The second-order valence-corrected chi connectivity index (χ2v) is 7.88. The van der Waals surface area contributed by atoms with Crippen molar-refractivity contribution in [1.82, 2.24) is 0 Å². The summed E-state index contributed by atoms with van der Waals surface area (Å²) in [5.41, 5.74) is -1.93. The number of ether oxygens (including phenoxy) is 3. The van der Waals surface area contributed by atoms with Crippen LogP contribution in [-0.2, 0) is 10.9 Å². The summed E-state index contributed by atoms with van der Waals surface area (Å²) in [5.74, 6) is -5.85. The van der Waals surface area contributed by atoms with E-state index >= 15 is 0 Å². The molecule has 0 aliphatic heterocycles. The second-order valence-electron chi connectivity index (χ2n) is 7.88. The van der Waals surface area contributed by atoms with Gasteiger partial charge in [-0.15, -0.1) is 0 Å². The van der Waals surface area contributed by atoms with Crippen molar-refractivity contribution in [1.29, 1.82) is 0 Å². The molecule has 3 aromatic carbocycles. The molecule has 0 amide bonds. The molecule has 4 aromatic rings. The Balaban J connectivity index is 1.67. The molecule has 0 bridgehead atoms. The Labute approximate surface area is 212 Å². The maximum atomic E-state index is 13.8. The van der Waals surface area contributed by atoms with E-state index < -0.39 is 52.0 Å². The van der Waals surface area contributed by atoms with Crippen molar-refractivity contribution in [2.75, 3.05) is 6.61 Å². The molecular weight excluding hydrogens is 512 g/mol. The van der Waals surface area contributed by atoms with Gasteiger partial charge >= 0.3 is 18.1 Å². The number of fused-ring (bicyclic) bond motifs is 1. The lowest BCUT2D eigenvalue weighted by atomic mass is 10.2. The zero-order valence-corrected chi connectivity index (χ0v) is 19.6. The molecule has 0 aliphatic carbocycles. The van der Waals surface area contributed by atoms with Gasteiger partial charge in [0, 0.05) is 6.07 Å². The van der Waals surface area contributed by atoms with Gasteiger partial charge < -0.3 is 18.6 Å². The average Bonchev–Trinajstić information content (AvgIpc) is 2.88. The van der Waals surface area contributed by atoms with Gasteiger partial charge in [-0.25, -0.2) is 14.0 Å².